The summed E-state index contributed by atoms with van der Waals surface area (Å²) in [4.78, 5) is 0. The molecule has 0 radical (unpaired) electrons. The molecule has 3 unspecified atom stereocenters. The Balaban J connectivity index is 4.62. The fraction of sp³-hybridized carbons (Fsp3) is 1.00. The maximum Gasteiger partial charge on any atom is -0.0305 e. The Bertz CT molecular complexity index is 214. The summed E-state index contributed by atoms with van der Waals surface area (Å²) in [6.07, 6.45) is 4.10. The van der Waals surface area contributed by atoms with Crippen molar-refractivity contribution in [2.75, 3.05) is 0 Å². The van der Waals surface area contributed by atoms with Crippen molar-refractivity contribution in [3.8, 4) is 0 Å². The maximum absolute atomic E-state index is 2.48. The standard InChI is InChI=1S/C18H38/c1-10-18(9,15(6)7)12-11-17(14(4)5)16(8)13(2)3/h13-17H,10-12H2,1-9H3. The molecule has 0 saturated heterocycles. The van der Waals surface area contributed by atoms with Crippen molar-refractivity contribution in [1.82, 2.24) is 0 Å². The van der Waals surface area contributed by atoms with Gasteiger partial charge in [0, 0.05) is 0 Å². The zero-order valence-electron chi connectivity index (χ0n) is 14.5. The summed E-state index contributed by atoms with van der Waals surface area (Å²) in [5.41, 5.74) is 0.532. The van der Waals surface area contributed by atoms with Crippen LogP contribution >= 0.6 is 0 Å². The molecule has 0 aliphatic rings. The summed E-state index contributed by atoms with van der Waals surface area (Å²) < 4.78 is 0. The summed E-state index contributed by atoms with van der Waals surface area (Å²) in [7, 11) is 0. The van der Waals surface area contributed by atoms with Gasteiger partial charge in [-0.25, -0.2) is 0 Å². The van der Waals surface area contributed by atoms with E-state index >= 15 is 0 Å². The second-order valence-electron chi connectivity index (χ2n) is 7.71. The van der Waals surface area contributed by atoms with Gasteiger partial charge >= 0.3 is 0 Å². The fourth-order valence-corrected chi connectivity index (χ4v) is 3.07. The smallest absolute Gasteiger partial charge is 0.0305 e. The summed E-state index contributed by atoms with van der Waals surface area (Å²) in [6, 6.07) is 0. The largest absolute Gasteiger partial charge is 0.0649 e. The predicted molar refractivity (Wildman–Crippen MR) is 84.8 cm³/mol. The van der Waals surface area contributed by atoms with E-state index in [9.17, 15) is 0 Å². The summed E-state index contributed by atoms with van der Waals surface area (Å²) >= 11 is 0. The van der Waals surface area contributed by atoms with E-state index in [2.05, 4.69) is 62.3 Å². The van der Waals surface area contributed by atoms with Gasteiger partial charge < -0.3 is 0 Å². The third kappa shape index (κ3) is 4.94. The average molecular weight is 255 g/mol. The van der Waals surface area contributed by atoms with Gasteiger partial charge in [0.05, 0.1) is 0 Å². The van der Waals surface area contributed by atoms with Gasteiger partial charge in [0.15, 0.2) is 0 Å². The molecule has 0 heterocycles. The second kappa shape index (κ2) is 7.56. The average Bonchev–Trinajstić information content (AvgIpc) is 2.27. The number of hydrogen-bond donors (Lipinski definition) is 0. The zero-order chi connectivity index (χ0) is 14.5. The van der Waals surface area contributed by atoms with Gasteiger partial charge in [-0.3, -0.25) is 0 Å². The van der Waals surface area contributed by atoms with Crippen LogP contribution in [0.3, 0.4) is 0 Å². The highest BCUT2D eigenvalue weighted by Gasteiger charge is 2.30. The minimum Gasteiger partial charge on any atom is -0.0649 e. The summed E-state index contributed by atoms with van der Waals surface area (Å²) in [6.45, 7) is 21.6. The van der Waals surface area contributed by atoms with Crippen molar-refractivity contribution in [3.05, 3.63) is 0 Å². The monoisotopic (exact) mass is 254 g/mol. The highest BCUT2D eigenvalue weighted by atomic mass is 14.4. The lowest BCUT2D eigenvalue weighted by molar-refractivity contribution is 0.131. The van der Waals surface area contributed by atoms with Gasteiger partial charge in [-0.05, 0) is 47.8 Å². The van der Waals surface area contributed by atoms with Crippen molar-refractivity contribution in [2.24, 2.45) is 35.0 Å². The topological polar surface area (TPSA) is 0 Å². The van der Waals surface area contributed by atoms with E-state index in [4.69, 9.17) is 0 Å². The van der Waals surface area contributed by atoms with Crippen molar-refractivity contribution in [1.29, 1.82) is 0 Å². The van der Waals surface area contributed by atoms with Crippen LogP contribution in [0.1, 0.15) is 81.6 Å². The molecule has 0 N–H and O–H groups in total. The van der Waals surface area contributed by atoms with E-state index in [1.165, 1.54) is 19.3 Å². The van der Waals surface area contributed by atoms with E-state index in [0.717, 1.165) is 29.6 Å². The van der Waals surface area contributed by atoms with Crippen LogP contribution in [0.15, 0.2) is 0 Å². The molecule has 0 saturated carbocycles. The first kappa shape index (κ1) is 18.0. The van der Waals surface area contributed by atoms with Gasteiger partial charge in [0.25, 0.3) is 0 Å². The quantitative estimate of drug-likeness (QED) is 0.470. The molecule has 0 aromatic rings. The highest BCUT2D eigenvalue weighted by molar-refractivity contribution is 4.80. The molecule has 0 aromatic carbocycles. The first-order valence-electron chi connectivity index (χ1n) is 8.15. The van der Waals surface area contributed by atoms with Crippen LogP contribution in [0, 0.1) is 35.0 Å². The molecule has 0 fully saturated rings. The van der Waals surface area contributed by atoms with E-state index < -0.39 is 0 Å². The normalized spacial score (nSPS) is 19.3. The molecule has 3 atom stereocenters. The third-order valence-corrected chi connectivity index (χ3v) is 5.83. The molecular formula is C18H38. The van der Waals surface area contributed by atoms with Gasteiger partial charge in [-0.2, -0.15) is 0 Å². The molecule has 0 bridgehead atoms. The van der Waals surface area contributed by atoms with Crippen LogP contribution in [0.4, 0.5) is 0 Å². The molecule has 0 amide bonds. The van der Waals surface area contributed by atoms with Gasteiger partial charge in [0.2, 0.25) is 0 Å². The summed E-state index contributed by atoms with van der Waals surface area (Å²) in [5, 5.41) is 0. The van der Waals surface area contributed by atoms with E-state index in [-0.39, 0.29) is 0 Å². The van der Waals surface area contributed by atoms with E-state index in [1.807, 2.05) is 0 Å². The molecular weight excluding hydrogens is 216 g/mol. The fourth-order valence-electron chi connectivity index (χ4n) is 3.07. The Morgan fingerprint density at radius 3 is 1.61 bits per heavy atom. The SMILES string of the molecule is CCC(C)(CCC(C(C)C)C(C)C(C)C)C(C)C. The van der Waals surface area contributed by atoms with Crippen LogP contribution in [0.2, 0.25) is 0 Å². The molecule has 0 heteroatoms. The zero-order valence-corrected chi connectivity index (χ0v) is 14.5. The van der Waals surface area contributed by atoms with E-state index in [1.54, 1.807) is 0 Å². The molecule has 0 rings (SSSR count). The minimum absolute atomic E-state index is 0.532. The van der Waals surface area contributed by atoms with Gasteiger partial charge in [0.1, 0.15) is 0 Å². The van der Waals surface area contributed by atoms with E-state index in [0.29, 0.717) is 5.41 Å². The minimum atomic E-state index is 0.532. The maximum atomic E-state index is 2.48. The first-order chi connectivity index (χ1) is 8.15. The highest BCUT2D eigenvalue weighted by Crippen LogP contribution is 2.40. The Morgan fingerprint density at radius 1 is 0.833 bits per heavy atom. The van der Waals surface area contributed by atoms with Crippen molar-refractivity contribution >= 4 is 0 Å². The van der Waals surface area contributed by atoms with Crippen LogP contribution < -0.4 is 0 Å². The molecule has 0 spiro atoms. The van der Waals surface area contributed by atoms with Crippen molar-refractivity contribution < 1.29 is 0 Å². The van der Waals surface area contributed by atoms with Crippen LogP contribution in [0.25, 0.3) is 0 Å². The van der Waals surface area contributed by atoms with Crippen LogP contribution in [-0.4, -0.2) is 0 Å². The molecule has 0 aromatic heterocycles. The third-order valence-electron chi connectivity index (χ3n) is 5.83. The van der Waals surface area contributed by atoms with Crippen LogP contribution in [0.5, 0.6) is 0 Å². The van der Waals surface area contributed by atoms with Gasteiger partial charge in [-0.15, -0.1) is 0 Å². The Labute approximate surface area is 117 Å². The lowest BCUT2D eigenvalue weighted by atomic mass is 9.68. The predicted octanol–water partition coefficient (Wildman–Crippen LogP) is 6.40. The number of hydrogen-bond acceptors (Lipinski definition) is 0. The Hall–Kier alpha value is 0. The summed E-state index contributed by atoms with van der Waals surface area (Å²) in [5.74, 6) is 4.15. The number of rotatable bonds is 8. The molecule has 110 valence electrons. The van der Waals surface area contributed by atoms with Crippen molar-refractivity contribution in [2.45, 2.75) is 81.6 Å². The molecule has 0 aliphatic heterocycles. The first-order valence-corrected chi connectivity index (χ1v) is 8.15. The second-order valence-corrected chi connectivity index (χ2v) is 7.71. The van der Waals surface area contributed by atoms with Crippen molar-refractivity contribution in [3.63, 3.8) is 0 Å². The van der Waals surface area contributed by atoms with Crippen LogP contribution in [-0.2, 0) is 0 Å². The Kier molecular flexibility index (Phi) is 7.56. The molecule has 18 heavy (non-hydrogen) atoms. The lowest BCUT2D eigenvalue weighted by Gasteiger charge is -2.37. The molecule has 0 aliphatic carbocycles. The lowest BCUT2D eigenvalue weighted by Crippen LogP contribution is -2.28. The molecule has 0 nitrogen and oxygen atoms in total. The van der Waals surface area contributed by atoms with Gasteiger partial charge in [-0.1, -0.05) is 68.7 Å². The Morgan fingerprint density at radius 2 is 1.33 bits per heavy atom.